The Balaban J connectivity index is -0.000000529. The molecule has 0 radical (unpaired) electrons. The van der Waals surface area contributed by atoms with Crippen molar-refractivity contribution < 1.29 is 44.8 Å². The largest absolute Gasteiger partial charge is 0.394 e. The molecule has 4 unspecified atom stereocenters. The van der Waals surface area contributed by atoms with Gasteiger partial charge in [-0.25, -0.2) is 0 Å². The summed E-state index contributed by atoms with van der Waals surface area (Å²) in [7, 11) is 0. The van der Waals surface area contributed by atoms with Crippen LogP contribution in [0.3, 0.4) is 0 Å². The zero-order chi connectivity index (χ0) is 31.4. The lowest BCUT2D eigenvalue weighted by Crippen LogP contribution is -2.21. The van der Waals surface area contributed by atoms with Gasteiger partial charge in [-0.1, -0.05) is 105 Å². The van der Waals surface area contributed by atoms with Crippen LogP contribution in [0.4, 0.5) is 0 Å². The van der Waals surface area contributed by atoms with E-state index >= 15 is 0 Å². The molecule has 0 heterocycles. The maximum atomic E-state index is 9.04. The van der Waals surface area contributed by atoms with Crippen molar-refractivity contribution in [1.29, 1.82) is 0 Å². The van der Waals surface area contributed by atoms with E-state index in [-0.39, 0.29) is 39.6 Å². The van der Waals surface area contributed by atoms with Crippen LogP contribution in [-0.4, -0.2) is 108 Å². The van der Waals surface area contributed by atoms with Crippen LogP contribution in [0.15, 0.2) is 0 Å². The lowest BCUT2D eigenvalue weighted by atomic mass is 10.0. The summed E-state index contributed by atoms with van der Waals surface area (Å²) in [6.07, 6.45) is 16.1. The first kappa shape index (κ1) is 45.1. The molecule has 0 aromatic rings. The summed E-state index contributed by atoms with van der Waals surface area (Å²) in [4.78, 5) is 0. The van der Waals surface area contributed by atoms with Crippen molar-refractivity contribution in [3.05, 3.63) is 0 Å². The number of ether oxygens (including phenoxy) is 3. The van der Waals surface area contributed by atoms with Gasteiger partial charge in [-0.2, -0.15) is 0 Å². The van der Waals surface area contributed by atoms with Crippen LogP contribution < -0.4 is 0 Å². The first-order valence-electron chi connectivity index (χ1n) is 16.5. The van der Waals surface area contributed by atoms with Gasteiger partial charge in [-0.15, -0.1) is 0 Å². The number of unbranched alkanes of at least 4 members (excludes halogenated alkanes) is 10. The van der Waals surface area contributed by atoms with Gasteiger partial charge in [0.25, 0.3) is 0 Å². The molecule has 0 saturated heterocycles. The smallest absolute Gasteiger partial charge is 0.100 e. The van der Waals surface area contributed by atoms with Crippen LogP contribution in [0.25, 0.3) is 0 Å². The molecular weight excluding hydrogens is 528 g/mol. The highest BCUT2D eigenvalue weighted by Crippen LogP contribution is 2.12. The van der Waals surface area contributed by atoms with Gasteiger partial charge in [0.05, 0.1) is 39.6 Å². The Bertz CT molecular complexity index is 443. The molecule has 252 valence electrons. The number of rotatable bonds is 28. The van der Waals surface area contributed by atoms with Gasteiger partial charge in [0.1, 0.15) is 18.3 Å². The van der Waals surface area contributed by atoms with Crippen LogP contribution in [0, 0.1) is 5.92 Å². The third-order valence-corrected chi connectivity index (χ3v) is 6.49. The molecule has 0 amide bonds. The quantitative estimate of drug-likeness (QED) is 0.0710. The van der Waals surface area contributed by atoms with Crippen LogP contribution in [0.2, 0.25) is 0 Å². The van der Waals surface area contributed by atoms with Crippen LogP contribution in [0.1, 0.15) is 124 Å². The van der Waals surface area contributed by atoms with Crippen molar-refractivity contribution >= 4 is 0 Å². The van der Waals surface area contributed by atoms with Crippen molar-refractivity contribution in [2.24, 2.45) is 5.92 Å². The van der Waals surface area contributed by atoms with Crippen molar-refractivity contribution in [3.63, 3.8) is 0 Å². The molecule has 0 aliphatic rings. The fourth-order valence-corrected chi connectivity index (χ4v) is 3.66. The normalized spacial score (nSPS) is 13.9. The molecule has 0 saturated carbocycles. The predicted molar refractivity (Wildman–Crippen MR) is 167 cm³/mol. The number of hydrogen-bond donors (Lipinski definition) is 6. The maximum Gasteiger partial charge on any atom is 0.100 e. The third-order valence-electron chi connectivity index (χ3n) is 6.49. The fourth-order valence-electron chi connectivity index (χ4n) is 3.66. The number of aliphatic hydroxyl groups is 6. The summed E-state index contributed by atoms with van der Waals surface area (Å²) in [6.45, 7) is 11.0. The van der Waals surface area contributed by atoms with Crippen molar-refractivity contribution in [3.8, 4) is 0 Å². The lowest BCUT2D eigenvalue weighted by Gasteiger charge is -2.15. The summed E-state index contributed by atoms with van der Waals surface area (Å²) in [5.41, 5.74) is 0. The minimum absolute atomic E-state index is 0.212. The minimum Gasteiger partial charge on any atom is -0.394 e. The third kappa shape index (κ3) is 41.8. The molecule has 0 aromatic carbocycles. The first-order valence-corrected chi connectivity index (χ1v) is 16.5. The lowest BCUT2D eigenvalue weighted by molar-refractivity contribution is -0.00599. The molecule has 4 atom stereocenters. The summed E-state index contributed by atoms with van der Waals surface area (Å²) in [6, 6.07) is 0. The Hall–Kier alpha value is -0.360. The van der Waals surface area contributed by atoms with E-state index in [1.54, 1.807) is 0 Å². The second-order valence-electron chi connectivity index (χ2n) is 10.8. The molecule has 0 fully saturated rings. The molecule has 9 nitrogen and oxygen atoms in total. The summed E-state index contributed by atoms with van der Waals surface area (Å²) >= 11 is 0. The topological polar surface area (TPSA) is 149 Å². The van der Waals surface area contributed by atoms with Crippen LogP contribution in [0.5, 0.6) is 0 Å². The van der Waals surface area contributed by atoms with E-state index < -0.39 is 18.3 Å². The summed E-state index contributed by atoms with van der Waals surface area (Å²) in [5.74, 6) is 0.598. The van der Waals surface area contributed by atoms with E-state index in [4.69, 9.17) is 44.8 Å². The molecule has 0 rings (SSSR count). The second-order valence-corrected chi connectivity index (χ2v) is 10.8. The molecule has 0 spiro atoms. The monoisotopic (exact) mass is 599 g/mol. The Morgan fingerprint density at radius 2 is 0.805 bits per heavy atom. The van der Waals surface area contributed by atoms with Crippen molar-refractivity contribution in [2.75, 3.05) is 59.5 Å². The number of hydrogen-bond acceptors (Lipinski definition) is 9. The second kappa shape index (κ2) is 39.6. The van der Waals surface area contributed by atoms with Crippen molar-refractivity contribution in [2.45, 2.75) is 142 Å². The predicted octanol–water partition coefficient (Wildman–Crippen LogP) is 4.62. The zero-order valence-electron chi connectivity index (χ0n) is 27.2. The standard InChI is InChI=1S/2C11H24O3.C10H22O3/c1-3-5-6-10(4-2)8-14-9-11(13)7-12;1-2-3-4-5-6-7-8-14-10-11(13)9-12;1-2-3-4-5-6-7-13-9-10(12)8-11/h10-13H,3-9H2,1-2H3;11-13H,2-10H2,1H3;10-12H,2-9H2,1H3. The van der Waals surface area contributed by atoms with Gasteiger partial charge in [0, 0.05) is 19.8 Å². The van der Waals surface area contributed by atoms with Gasteiger partial charge in [-0.3, -0.25) is 0 Å². The average Bonchev–Trinajstić information content (AvgIpc) is 2.99. The van der Waals surface area contributed by atoms with Crippen molar-refractivity contribution in [1.82, 2.24) is 0 Å². The van der Waals surface area contributed by atoms with E-state index in [1.807, 2.05) is 0 Å². The molecule has 0 aliphatic heterocycles. The van der Waals surface area contributed by atoms with Gasteiger partial charge in [-0.05, 0) is 25.2 Å². The van der Waals surface area contributed by atoms with E-state index in [9.17, 15) is 0 Å². The first-order chi connectivity index (χ1) is 19.9. The molecule has 41 heavy (non-hydrogen) atoms. The summed E-state index contributed by atoms with van der Waals surface area (Å²) in [5, 5.41) is 52.5. The van der Waals surface area contributed by atoms with E-state index in [0.29, 0.717) is 25.7 Å². The van der Waals surface area contributed by atoms with E-state index in [1.165, 1.54) is 77.0 Å². The minimum atomic E-state index is -0.723. The van der Waals surface area contributed by atoms with Crippen LogP contribution in [-0.2, 0) is 14.2 Å². The fraction of sp³-hybridized carbons (Fsp3) is 1.00. The Morgan fingerprint density at radius 1 is 0.439 bits per heavy atom. The Labute approximate surface area is 252 Å². The molecule has 9 heteroatoms. The van der Waals surface area contributed by atoms with Gasteiger partial charge in [0.2, 0.25) is 0 Å². The number of aliphatic hydroxyl groups excluding tert-OH is 6. The molecule has 0 aliphatic carbocycles. The molecule has 0 bridgehead atoms. The van der Waals surface area contributed by atoms with E-state index in [2.05, 4.69) is 27.7 Å². The molecule has 0 aromatic heterocycles. The van der Waals surface area contributed by atoms with E-state index in [0.717, 1.165) is 19.3 Å². The molecular formula is C32H70O9. The maximum absolute atomic E-state index is 9.04. The average molecular weight is 599 g/mol. The SMILES string of the molecule is CCCCC(CC)COCC(O)CO.CCCCCCCCOCC(O)CO.CCCCCCCOCC(O)CO. The van der Waals surface area contributed by atoms with Gasteiger partial charge >= 0.3 is 0 Å². The Kier molecular flexibility index (Phi) is 43.6. The molecule has 6 N–H and O–H groups in total. The van der Waals surface area contributed by atoms with Gasteiger partial charge in [0.15, 0.2) is 0 Å². The van der Waals surface area contributed by atoms with Gasteiger partial charge < -0.3 is 44.8 Å². The Morgan fingerprint density at radius 3 is 1.17 bits per heavy atom. The highest BCUT2D eigenvalue weighted by atomic mass is 16.5. The summed E-state index contributed by atoms with van der Waals surface area (Å²) < 4.78 is 15.7. The zero-order valence-corrected chi connectivity index (χ0v) is 27.2. The van der Waals surface area contributed by atoms with Crippen LogP contribution >= 0.6 is 0 Å². The highest BCUT2D eigenvalue weighted by molar-refractivity contribution is 4.57. The highest BCUT2D eigenvalue weighted by Gasteiger charge is 2.08.